The molecule has 1 aromatic rings. The van der Waals surface area contributed by atoms with E-state index in [-0.39, 0.29) is 6.04 Å². The molecule has 0 amide bonds. The molecule has 0 bridgehead atoms. The molecule has 0 fully saturated rings. The molecule has 0 spiro atoms. The first-order valence-electron chi connectivity index (χ1n) is 6.64. The Labute approximate surface area is 110 Å². The molecule has 1 aromatic carbocycles. The summed E-state index contributed by atoms with van der Waals surface area (Å²) in [6.45, 7) is 6.74. The minimum atomic E-state index is -0.604. The minimum absolute atomic E-state index is 0.199. The van der Waals surface area contributed by atoms with Gasteiger partial charge in [0.25, 0.3) is 0 Å². The quantitative estimate of drug-likeness (QED) is 0.783. The third kappa shape index (κ3) is 4.00. The molecule has 0 aliphatic heterocycles. The van der Waals surface area contributed by atoms with Gasteiger partial charge in [0, 0.05) is 12.6 Å². The normalized spacial score (nSPS) is 13.4. The van der Waals surface area contributed by atoms with Crippen molar-refractivity contribution in [1.82, 2.24) is 5.32 Å². The maximum Gasteiger partial charge on any atom is 0.119 e. The van der Waals surface area contributed by atoms with Crippen LogP contribution >= 0.6 is 0 Å². The molecule has 0 unspecified atom stereocenters. The summed E-state index contributed by atoms with van der Waals surface area (Å²) in [7, 11) is 1.67. The van der Waals surface area contributed by atoms with E-state index < -0.39 is 5.60 Å². The molecule has 1 rings (SSSR count). The highest BCUT2D eigenvalue weighted by Gasteiger charge is 2.22. The molecule has 102 valence electrons. The van der Waals surface area contributed by atoms with Crippen LogP contribution < -0.4 is 10.1 Å². The predicted octanol–water partition coefficient (Wildman–Crippen LogP) is 2.90. The average molecular weight is 251 g/mol. The van der Waals surface area contributed by atoms with Gasteiger partial charge in [0.15, 0.2) is 0 Å². The van der Waals surface area contributed by atoms with Crippen LogP contribution in [-0.4, -0.2) is 24.4 Å². The van der Waals surface area contributed by atoms with Gasteiger partial charge in [-0.15, -0.1) is 0 Å². The van der Waals surface area contributed by atoms with Gasteiger partial charge in [-0.3, -0.25) is 0 Å². The molecular weight excluding hydrogens is 226 g/mol. The van der Waals surface area contributed by atoms with Crippen LogP contribution in [0.1, 0.15) is 45.2 Å². The molecule has 0 aliphatic carbocycles. The van der Waals surface area contributed by atoms with Crippen LogP contribution in [0.4, 0.5) is 0 Å². The SMILES string of the molecule is CCC(O)(CC)CN[C@@H](C)c1cccc(OC)c1. The van der Waals surface area contributed by atoms with Crippen molar-refractivity contribution in [3.63, 3.8) is 0 Å². The van der Waals surface area contributed by atoms with Crippen molar-refractivity contribution in [2.45, 2.75) is 45.3 Å². The molecule has 0 radical (unpaired) electrons. The van der Waals surface area contributed by atoms with Gasteiger partial charge in [0.1, 0.15) is 5.75 Å². The van der Waals surface area contributed by atoms with E-state index in [0.717, 1.165) is 18.6 Å². The van der Waals surface area contributed by atoms with Gasteiger partial charge in [0.05, 0.1) is 12.7 Å². The van der Waals surface area contributed by atoms with Crippen molar-refractivity contribution in [3.8, 4) is 5.75 Å². The van der Waals surface area contributed by atoms with Crippen molar-refractivity contribution < 1.29 is 9.84 Å². The maximum absolute atomic E-state index is 10.2. The number of benzene rings is 1. The Hall–Kier alpha value is -1.06. The first-order chi connectivity index (χ1) is 8.54. The average Bonchev–Trinajstić information content (AvgIpc) is 2.44. The Morgan fingerprint density at radius 2 is 2.00 bits per heavy atom. The lowest BCUT2D eigenvalue weighted by atomic mass is 9.96. The van der Waals surface area contributed by atoms with Crippen molar-refractivity contribution in [2.24, 2.45) is 0 Å². The number of methoxy groups -OCH3 is 1. The van der Waals surface area contributed by atoms with Crippen LogP contribution in [-0.2, 0) is 0 Å². The van der Waals surface area contributed by atoms with E-state index in [1.165, 1.54) is 5.56 Å². The Kier molecular flexibility index (Phi) is 5.63. The molecule has 3 nitrogen and oxygen atoms in total. The Morgan fingerprint density at radius 1 is 1.33 bits per heavy atom. The van der Waals surface area contributed by atoms with Gasteiger partial charge in [-0.2, -0.15) is 0 Å². The molecule has 1 atom stereocenters. The van der Waals surface area contributed by atoms with Crippen molar-refractivity contribution in [2.75, 3.05) is 13.7 Å². The number of hydrogen-bond acceptors (Lipinski definition) is 3. The first kappa shape index (κ1) is 15.0. The molecule has 3 heteroatoms. The first-order valence-corrected chi connectivity index (χ1v) is 6.64. The fraction of sp³-hybridized carbons (Fsp3) is 0.600. The van der Waals surface area contributed by atoms with E-state index >= 15 is 0 Å². The van der Waals surface area contributed by atoms with Crippen LogP contribution in [0.15, 0.2) is 24.3 Å². The number of rotatable bonds is 7. The summed E-state index contributed by atoms with van der Waals surface area (Å²) in [6, 6.07) is 8.21. The highest BCUT2D eigenvalue weighted by Crippen LogP contribution is 2.20. The molecule has 0 aliphatic rings. The summed E-state index contributed by atoms with van der Waals surface area (Å²) < 4.78 is 5.22. The third-order valence-electron chi connectivity index (χ3n) is 3.65. The minimum Gasteiger partial charge on any atom is -0.497 e. The summed E-state index contributed by atoms with van der Waals surface area (Å²) in [6.07, 6.45) is 1.53. The summed E-state index contributed by atoms with van der Waals surface area (Å²) >= 11 is 0. The molecule has 0 saturated heterocycles. The van der Waals surface area contributed by atoms with Crippen LogP contribution in [0, 0.1) is 0 Å². The molecule has 2 N–H and O–H groups in total. The summed E-state index contributed by atoms with van der Waals surface area (Å²) in [5.74, 6) is 0.863. The van der Waals surface area contributed by atoms with Crippen LogP contribution in [0.3, 0.4) is 0 Å². The van der Waals surface area contributed by atoms with Crippen LogP contribution in [0.25, 0.3) is 0 Å². The molecule has 0 aromatic heterocycles. The molecule has 18 heavy (non-hydrogen) atoms. The fourth-order valence-corrected chi connectivity index (χ4v) is 1.87. The second-order valence-electron chi connectivity index (χ2n) is 4.81. The second kappa shape index (κ2) is 6.76. The smallest absolute Gasteiger partial charge is 0.119 e. The van der Waals surface area contributed by atoms with Gasteiger partial charge in [-0.25, -0.2) is 0 Å². The lowest BCUT2D eigenvalue weighted by Gasteiger charge is -2.27. The number of ether oxygens (including phenoxy) is 1. The zero-order valence-corrected chi connectivity index (χ0v) is 11.9. The van der Waals surface area contributed by atoms with E-state index in [1.807, 2.05) is 32.0 Å². The van der Waals surface area contributed by atoms with Gasteiger partial charge < -0.3 is 15.2 Å². The third-order valence-corrected chi connectivity index (χ3v) is 3.65. The van der Waals surface area contributed by atoms with Crippen LogP contribution in [0.2, 0.25) is 0 Å². The second-order valence-corrected chi connectivity index (χ2v) is 4.81. The van der Waals surface area contributed by atoms with Crippen LogP contribution in [0.5, 0.6) is 5.75 Å². The number of aliphatic hydroxyl groups is 1. The van der Waals surface area contributed by atoms with E-state index in [2.05, 4.69) is 18.3 Å². The summed E-state index contributed by atoms with van der Waals surface area (Å²) in [5, 5.41) is 13.6. The highest BCUT2D eigenvalue weighted by molar-refractivity contribution is 5.30. The maximum atomic E-state index is 10.2. The Balaban J connectivity index is 2.62. The van der Waals surface area contributed by atoms with Crippen molar-refractivity contribution >= 4 is 0 Å². The highest BCUT2D eigenvalue weighted by atomic mass is 16.5. The number of hydrogen-bond donors (Lipinski definition) is 2. The topological polar surface area (TPSA) is 41.5 Å². The largest absolute Gasteiger partial charge is 0.497 e. The molecule has 0 heterocycles. The molecular formula is C15H25NO2. The van der Waals surface area contributed by atoms with Gasteiger partial charge in [-0.05, 0) is 37.5 Å². The fourth-order valence-electron chi connectivity index (χ4n) is 1.87. The van der Waals surface area contributed by atoms with E-state index in [1.54, 1.807) is 7.11 Å². The zero-order valence-electron chi connectivity index (χ0n) is 11.9. The summed E-state index contributed by atoms with van der Waals surface area (Å²) in [5.41, 5.74) is 0.566. The van der Waals surface area contributed by atoms with Gasteiger partial charge in [-0.1, -0.05) is 26.0 Å². The van der Waals surface area contributed by atoms with E-state index in [0.29, 0.717) is 6.54 Å². The van der Waals surface area contributed by atoms with Crippen molar-refractivity contribution in [3.05, 3.63) is 29.8 Å². The zero-order chi connectivity index (χ0) is 13.6. The van der Waals surface area contributed by atoms with E-state index in [4.69, 9.17) is 4.74 Å². The lowest BCUT2D eigenvalue weighted by molar-refractivity contribution is 0.0303. The standard InChI is InChI=1S/C15H25NO2/c1-5-15(17,6-2)11-16-12(3)13-8-7-9-14(10-13)18-4/h7-10,12,16-17H,5-6,11H2,1-4H3/t12-/m0/s1. The van der Waals surface area contributed by atoms with Crippen molar-refractivity contribution in [1.29, 1.82) is 0 Å². The number of nitrogens with one attached hydrogen (secondary N) is 1. The monoisotopic (exact) mass is 251 g/mol. The Bertz CT molecular complexity index is 361. The summed E-state index contributed by atoms with van der Waals surface area (Å²) in [4.78, 5) is 0. The Morgan fingerprint density at radius 3 is 2.56 bits per heavy atom. The molecule has 0 saturated carbocycles. The predicted molar refractivity (Wildman–Crippen MR) is 74.9 cm³/mol. The van der Waals surface area contributed by atoms with Gasteiger partial charge in [0.2, 0.25) is 0 Å². The van der Waals surface area contributed by atoms with Gasteiger partial charge >= 0.3 is 0 Å². The lowest BCUT2D eigenvalue weighted by Crippen LogP contribution is -2.40. The van der Waals surface area contributed by atoms with E-state index in [9.17, 15) is 5.11 Å².